The van der Waals surface area contributed by atoms with Crippen LogP contribution in [0.15, 0.2) is 29.8 Å². The van der Waals surface area contributed by atoms with Gasteiger partial charge >= 0.3 is 0 Å². The van der Waals surface area contributed by atoms with Crippen LogP contribution in [-0.2, 0) is 4.74 Å². The second kappa shape index (κ2) is 5.12. The lowest BCUT2D eigenvalue weighted by Crippen LogP contribution is -2.14. The quantitative estimate of drug-likeness (QED) is 0.792. The van der Waals surface area contributed by atoms with Crippen molar-refractivity contribution < 1.29 is 9.13 Å². The van der Waals surface area contributed by atoms with Gasteiger partial charge in [0.15, 0.2) is 0 Å². The summed E-state index contributed by atoms with van der Waals surface area (Å²) in [5, 5.41) is 3.21. The van der Waals surface area contributed by atoms with Gasteiger partial charge in [0.1, 0.15) is 5.82 Å². The minimum Gasteiger partial charge on any atom is -0.381 e. The lowest BCUT2D eigenvalue weighted by atomic mass is 10.1. The van der Waals surface area contributed by atoms with E-state index in [0.717, 1.165) is 30.8 Å². The van der Waals surface area contributed by atoms with Crippen molar-refractivity contribution in [1.29, 1.82) is 0 Å². The molecular formula is C13H16FNO. The molecule has 0 saturated carbocycles. The summed E-state index contributed by atoms with van der Waals surface area (Å²) >= 11 is 0. The molecule has 0 bridgehead atoms. The van der Waals surface area contributed by atoms with Gasteiger partial charge in [-0.15, -0.1) is 0 Å². The number of nitrogens with one attached hydrogen (secondary N) is 1. The largest absolute Gasteiger partial charge is 0.381 e. The first-order valence-electron chi connectivity index (χ1n) is 5.51. The molecule has 1 heterocycles. The van der Waals surface area contributed by atoms with Gasteiger partial charge in [0.2, 0.25) is 0 Å². The molecule has 1 N–H and O–H groups in total. The van der Waals surface area contributed by atoms with E-state index >= 15 is 0 Å². The van der Waals surface area contributed by atoms with E-state index in [0.29, 0.717) is 6.61 Å². The Morgan fingerprint density at radius 1 is 1.38 bits per heavy atom. The minimum absolute atomic E-state index is 0.198. The maximum absolute atomic E-state index is 13.1. The summed E-state index contributed by atoms with van der Waals surface area (Å²) in [7, 11) is 0. The van der Waals surface area contributed by atoms with E-state index in [1.807, 2.05) is 13.0 Å². The molecule has 86 valence electrons. The molecule has 1 aliphatic rings. The molecule has 0 saturated heterocycles. The van der Waals surface area contributed by atoms with Crippen molar-refractivity contribution in [2.24, 2.45) is 0 Å². The van der Waals surface area contributed by atoms with Crippen LogP contribution in [-0.4, -0.2) is 19.8 Å². The van der Waals surface area contributed by atoms with Crippen molar-refractivity contribution in [2.45, 2.75) is 13.3 Å². The Kier molecular flexibility index (Phi) is 3.57. The maximum atomic E-state index is 13.1. The Labute approximate surface area is 95.1 Å². The molecule has 1 aromatic rings. The van der Waals surface area contributed by atoms with Gasteiger partial charge in [-0.25, -0.2) is 4.39 Å². The highest BCUT2D eigenvalue weighted by Crippen LogP contribution is 2.14. The number of halogens is 1. The van der Waals surface area contributed by atoms with E-state index in [1.165, 1.54) is 17.7 Å². The van der Waals surface area contributed by atoms with Gasteiger partial charge < -0.3 is 10.1 Å². The molecule has 0 spiro atoms. The third kappa shape index (κ3) is 3.07. The van der Waals surface area contributed by atoms with Crippen LogP contribution >= 0.6 is 0 Å². The van der Waals surface area contributed by atoms with Crippen LogP contribution in [0.1, 0.15) is 12.0 Å². The van der Waals surface area contributed by atoms with Crippen LogP contribution in [0.25, 0.3) is 0 Å². The molecule has 0 fully saturated rings. The fourth-order valence-electron chi connectivity index (χ4n) is 1.79. The van der Waals surface area contributed by atoms with Crippen LogP contribution < -0.4 is 5.32 Å². The van der Waals surface area contributed by atoms with Crippen LogP contribution in [0, 0.1) is 12.7 Å². The first kappa shape index (κ1) is 11.1. The Morgan fingerprint density at radius 3 is 2.94 bits per heavy atom. The molecule has 1 aromatic carbocycles. The van der Waals surface area contributed by atoms with Crippen molar-refractivity contribution in [3.8, 4) is 0 Å². The second-order valence-corrected chi connectivity index (χ2v) is 4.07. The van der Waals surface area contributed by atoms with Gasteiger partial charge in [0.25, 0.3) is 0 Å². The van der Waals surface area contributed by atoms with E-state index in [2.05, 4.69) is 11.4 Å². The highest BCUT2D eigenvalue weighted by atomic mass is 19.1. The third-order valence-corrected chi connectivity index (χ3v) is 2.54. The van der Waals surface area contributed by atoms with Crippen molar-refractivity contribution >= 4 is 5.69 Å². The molecule has 0 atom stereocenters. The van der Waals surface area contributed by atoms with Gasteiger partial charge in [-0.2, -0.15) is 0 Å². The predicted octanol–water partition coefficient (Wildman–Crippen LogP) is 2.89. The summed E-state index contributed by atoms with van der Waals surface area (Å²) in [6.45, 7) is 4.10. The molecule has 16 heavy (non-hydrogen) atoms. The summed E-state index contributed by atoms with van der Waals surface area (Å²) in [6, 6.07) is 4.97. The number of rotatable bonds is 3. The summed E-state index contributed by atoms with van der Waals surface area (Å²) < 4.78 is 18.4. The average Bonchev–Trinajstić information content (AvgIpc) is 2.27. The van der Waals surface area contributed by atoms with Crippen LogP contribution in [0.5, 0.6) is 0 Å². The Balaban J connectivity index is 1.96. The Hall–Kier alpha value is -1.35. The zero-order chi connectivity index (χ0) is 11.4. The zero-order valence-electron chi connectivity index (χ0n) is 9.42. The first-order valence-corrected chi connectivity index (χ1v) is 5.51. The second-order valence-electron chi connectivity index (χ2n) is 4.07. The maximum Gasteiger partial charge on any atom is 0.125 e. The summed E-state index contributed by atoms with van der Waals surface area (Å²) in [5.74, 6) is -0.198. The molecule has 0 radical (unpaired) electrons. The lowest BCUT2D eigenvalue weighted by Gasteiger charge is -2.15. The van der Waals surface area contributed by atoms with Gasteiger partial charge in [-0.05, 0) is 42.7 Å². The standard InChI is InChI=1S/C13H16FNO/c1-10-5-12(14)7-13(6-10)15-8-11-3-2-4-16-9-11/h3,5-7,15H,2,4,8-9H2,1H3. The Morgan fingerprint density at radius 2 is 2.25 bits per heavy atom. The topological polar surface area (TPSA) is 21.3 Å². The smallest absolute Gasteiger partial charge is 0.125 e. The number of ether oxygens (including phenoxy) is 1. The monoisotopic (exact) mass is 221 g/mol. The highest BCUT2D eigenvalue weighted by Gasteiger charge is 2.04. The molecule has 2 rings (SSSR count). The summed E-state index contributed by atoms with van der Waals surface area (Å²) in [6.07, 6.45) is 3.15. The molecule has 0 aromatic heterocycles. The molecule has 2 nitrogen and oxygen atoms in total. The molecule has 0 unspecified atom stereocenters. The highest BCUT2D eigenvalue weighted by molar-refractivity contribution is 5.47. The number of hydrogen-bond acceptors (Lipinski definition) is 2. The third-order valence-electron chi connectivity index (χ3n) is 2.54. The fourth-order valence-corrected chi connectivity index (χ4v) is 1.79. The first-order chi connectivity index (χ1) is 7.74. The van der Waals surface area contributed by atoms with E-state index in [9.17, 15) is 4.39 Å². The molecular weight excluding hydrogens is 205 g/mol. The predicted molar refractivity (Wildman–Crippen MR) is 63.1 cm³/mol. The number of aryl methyl sites for hydroxylation is 1. The van der Waals surface area contributed by atoms with E-state index in [-0.39, 0.29) is 5.82 Å². The zero-order valence-corrected chi connectivity index (χ0v) is 9.42. The van der Waals surface area contributed by atoms with Crippen molar-refractivity contribution in [1.82, 2.24) is 0 Å². The average molecular weight is 221 g/mol. The minimum atomic E-state index is -0.198. The van der Waals surface area contributed by atoms with E-state index in [1.54, 1.807) is 0 Å². The molecule has 0 amide bonds. The van der Waals surface area contributed by atoms with Crippen LogP contribution in [0.3, 0.4) is 0 Å². The van der Waals surface area contributed by atoms with Crippen molar-refractivity contribution in [2.75, 3.05) is 25.1 Å². The van der Waals surface area contributed by atoms with Crippen LogP contribution in [0.4, 0.5) is 10.1 Å². The van der Waals surface area contributed by atoms with Gasteiger partial charge in [-0.3, -0.25) is 0 Å². The Bertz CT molecular complexity index is 381. The van der Waals surface area contributed by atoms with Crippen molar-refractivity contribution in [3.05, 3.63) is 41.2 Å². The molecule has 0 aliphatic carbocycles. The molecule has 3 heteroatoms. The van der Waals surface area contributed by atoms with Crippen LogP contribution in [0.2, 0.25) is 0 Å². The van der Waals surface area contributed by atoms with Gasteiger partial charge in [0.05, 0.1) is 13.2 Å². The normalized spacial score (nSPS) is 15.8. The number of benzene rings is 1. The number of hydrogen-bond donors (Lipinski definition) is 1. The number of anilines is 1. The van der Waals surface area contributed by atoms with Gasteiger partial charge in [-0.1, -0.05) is 6.08 Å². The summed E-state index contributed by atoms with van der Waals surface area (Å²) in [4.78, 5) is 0. The fraction of sp³-hybridized carbons (Fsp3) is 0.385. The SMILES string of the molecule is Cc1cc(F)cc(NCC2=CCCOC2)c1. The van der Waals surface area contributed by atoms with E-state index in [4.69, 9.17) is 4.74 Å². The van der Waals surface area contributed by atoms with Gasteiger partial charge in [0, 0.05) is 12.2 Å². The lowest BCUT2D eigenvalue weighted by molar-refractivity contribution is 0.150. The van der Waals surface area contributed by atoms with E-state index < -0.39 is 0 Å². The van der Waals surface area contributed by atoms with Crippen molar-refractivity contribution in [3.63, 3.8) is 0 Å². The summed E-state index contributed by atoms with van der Waals surface area (Å²) in [5.41, 5.74) is 2.98. The molecule has 1 aliphatic heterocycles.